The molecule has 0 amide bonds. The molecule has 0 fully saturated rings. The second kappa shape index (κ2) is 22.3. The lowest BCUT2D eigenvalue weighted by Gasteiger charge is -2.02. The molecule has 1 nitrogen and oxygen atoms in total. The molecule has 0 atom stereocenters. The van der Waals surface area contributed by atoms with Crippen molar-refractivity contribution in [1.82, 2.24) is 0 Å². The van der Waals surface area contributed by atoms with Crippen molar-refractivity contribution < 1.29 is 0 Å². The second-order valence-electron chi connectivity index (χ2n) is 6.47. The summed E-state index contributed by atoms with van der Waals surface area (Å²) in [5.74, 6) is 0. The third-order valence-electron chi connectivity index (χ3n) is 4.04. The molecule has 0 spiro atoms. The molecule has 31 heavy (non-hydrogen) atoms. The Morgan fingerprint density at radius 1 is 0.677 bits per heavy atom. The number of rotatable bonds is 4. The van der Waals surface area contributed by atoms with Gasteiger partial charge in [0.1, 0.15) is 0 Å². The van der Waals surface area contributed by atoms with Crippen LogP contribution in [0, 0.1) is 0 Å². The van der Waals surface area contributed by atoms with E-state index in [9.17, 15) is 0 Å². The summed E-state index contributed by atoms with van der Waals surface area (Å²) in [6, 6.07) is 19.2. The minimum Gasteiger partial charge on any atom is -0.263 e. The first-order chi connectivity index (χ1) is 14.8. The highest BCUT2D eigenvalue weighted by molar-refractivity contribution is 5.80. The number of benzene rings is 2. The molecule has 0 aromatic heterocycles. The fraction of sp³-hybridized carbons (Fsp3) is 0.433. The predicted octanol–water partition coefficient (Wildman–Crippen LogP) is 10.3. The molecule has 174 valence electrons. The van der Waals surface area contributed by atoms with E-state index in [1.165, 1.54) is 22.3 Å². The first-order valence-electron chi connectivity index (χ1n) is 11.8. The topological polar surface area (TPSA) is 12.4 Å². The van der Waals surface area contributed by atoms with E-state index in [2.05, 4.69) is 67.0 Å². The van der Waals surface area contributed by atoms with E-state index in [1.54, 1.807) is 0 Å². The summed E-state index contributed by atoms with van der Waals surface area (Å²) < 4.78 is 0. The highest BCUT2D eigenvalue weighted by atomic mass is 14.7. The smallest absolute Gasteiger partial charge is 0.0403 e. The van der Waals surface area contributed by atoms with Gasteiger partial charge in [-0.3, -0.25) is 4.99 Å². The molecule has 0 aliphatic carbocycles. The third kappa shape index (κ3) is 16.0. The molecule has 0 heterocycles. The summed E-state index contributed by atoms with van der Waals surface area (Å²) in [5.41, 5.74) is 8.40. The molecule has 2 rings (SSSR count). The normalized spacial score (nSPS) is 9.42. The number of aryl methyl sites for hydroxylation is 1. The Labute approximate surface area is 195 Å². The molecule has 0 aliphatic heterocycles. The van der Waals surface area contributed by atoms with Gasteiger partial charge in [0.25, 0.3) is 0 Å². The van der Waals surface area contributed by atoms with E-state index in [4.69, 9.17) is 0 Å². The average Bonchev–Trinajstić information content (AvgIpc) is 2.83. The fourth-order valence-electron chi connectivity index (χ4n) is 2.29. The number of hydrogen-bond donors (Lipinski definition) is 0. The highest BCUT2D eigenvalue weighted by Crippen LogP contribution is 2.19. The second-order valence-corrected chi connectivity index (χ2v) is 6.47. The highest BCUT2D eigenvalue weighted by Gasteiger charge is 1.95. The van der Waals surface area contributed by atoms with Crippen molar-refractivity contribution in [1.29, 1.82) is 0 Å². The molecular weight excluding hydrogens is 374 g/mol. The van der Waals surface area contributed by atoms with Gasteiger partial charge in [0.15, 0.2) is 0 Å². The van der Waals surface area contributed by atoms with Gasteiger partial charge in [-0.15, -0.1) is 0 Å². The number of aliphatic imine (C=N–C) groups is 1. The monoisotopic (exact) mass is 423 g/mol. The summed E-state index contributed by atoms with van der Waals surface area (Å²) >= 11 is 0. The van der Waals surface area contributed by atoms with Crippen LogP contribution >= 0.6 is 0 Å². The summed E-state index contributed by atoms with van der Waals surface area (Å²) in [4.78, 5) is 4.33. The third-order valence-corrected chi connectivity index (χ3v) is 4.04. The minimum atomic E-state index is 1.07. The van der Waals surface area contributed by atoms with Crippen molar-refractivity contribution in [2.75, 3.05) is 0 Å². The summed E-state index contributed by atoms with van der Waals surface area (Å²) in [6.07, 6.45) is 1.11. The van der Waals surface area contributed by atoms with Crippen LogP contribution in [0.15, 0.2) is 83.0 Å². The van der Waals surface area contributed by atoms with Crippen LogP contribution in [0.5, 0.6) is 0 Å². The van der Waals surface area contributed by atoms with Crippen LogP contribution in [0.1, 0.15) is 88.6 Å². The number of allylic oxidation sites excluding steroid dienone is 3. The van der Waals surface area contributed by atoms with Gasteiger partial charge in [-0.1, -0.05) is 115 Å². The zero-order valence-electron chi connectivity index (χ0n) is 22.6. The Morgan fingerprint density at radius 3 is 1.45 bits per heavy atom. The van der Waals surface area contributed by atoms with Gasteiger partial charge in [-0.05, 0) is 63.3 Å². The molecule has 0 unspecified atom stereocenters. The van der Waals surface area contributed by atoms with Gasteiger partial charge in [0.2, 0.25) is 0 Å². The Morgan fingerprint density at radius 2 is 1.10 bits per heavy atom. The SMILES string of the molecule is C=C(C)/C(C)=C(/C)N=C(C)C.CC.CC.CC.CCc1ccc(-c2ccccc2)cc1. The molecule has 0 saturated carbocycles. The zero-order chi connectivity index (χ0) is 24.8. The fourth-order valence-corrected chi connectivity index (χ4v) is 2.29. The van der Waals surface area contributed by atoms with Crippen molar-refractivity contribution in [2.24, 2.45) is 4.99 Å². The van der Waals surface area contributed by atoms with Crippen LogP contribution in [0.25, 0.3) is 11.1 Å². The van der Waals surface area contributed by atoms with E-state index in [1.807, 2.05) is 82.2 Å². The average molecular weight is 424 g/mol. The molecule has 0 aliphatic rings. The molecule has 0 saturated heterocycles. The van der Waals surface area contributed by atoms with Crippen LogP contribution in [0.4, 0.5) is 0 Å². The van der Waals surface area contributed by atoms with Gasteiger partial charge in [0, 0.05) is 11.4 Å². The van der Waals surface area contributed by atoms with Gasteiger partial charge in [-0.25, -0.2) is 0 Å². The molecule has 0 radical (unpaired) electrons. The van der Waals surface area contributed by atoms with Crippen LogP contribution in [-0.4, -0.2) is 5.71 Å². The maximum absolute atomic E-state index is 4.33. The van der Waals surface area contributed by atoms with Crippen LogP contribution in [-0.2, 0) is 6.42 Å². The van der Waals surface area contributed by atoms with Gasteiger partial charge < -0.3 is 0 Å². The largest absolute Gasteiger partial charge is 0.263 e. The first-order valence-corrected chi connectivity index (χ1v) is 11.8. The van der Waals surface area contributed by atoms with Crippen molar-refractivity contribution >= 4 is 5.71 Å². The van der Waals surface area contributed by atoms with E-state index in [0.717, 1.165) is 23.4 Å². The predicted molar refractivity (Wildman–Crippen MR) is 147 cm³/mol. The Balaban J connectivity index is -0.000000416. The van der Waals surface area contributed by atoms with E-state index in [0.29, 0.717) is 0 Å². The summed E-state index contributed by atoms with van der Waals surface area (Å²) in [7, 11) is 0. The van der Waals surface area contributed by atoms with Crippen molar-refractivity contribution in [3.63, 3.8) is 0 Å². The molecule has 0 bridgehead atoms. The molecule has 1 heteroatoms. The van der Waals surface area contributed by atoms with Crippen molar-refractivity contribution in [2.45, 2.75) is 89.5 Å². The maximum atomic E-state index is 4.33. The molecule has 2 aromatic rings. The lowest BCUT2D eigenvalue weighted by atomic mass is 10.0. The van der Waals surface area contributed by atoms with E-state index >= 15 is 0 Å². The lowest BCUT2D eigenvalue weighted by molar-refractivity contribution is 1.14. The maximum Gasteiger partial charge on any atom is 0.0403 e. The number of hydrogen-bond acceptors (Lipinski definition) is 1. The minimum absolute atomic E-state index is 1.07. The molecular formula is C30H49N. The van der Waals surface area contributed by atoms with E-state index in [-0.39, 0.29) is 0 Å². The van der Waals surface area contributed by atoms with E-state index < -0.39 is 0 Å². The Hall–Kier alpha value is -2.41. The van der Waals surface area contributed by atoms with Crippen molar-refractivity contribution in [3.8, 4) is 11.1 Å². The standard InChI is InChI=1S/C14H14.C10H17N.3C2H6/c1-2-12-8-10-14(11-9-12)13-6-4-3-5-7-13;1-7(2)9(5)10(6)11-8(3)4;3*1-2/h3-11H,2H2,1H3;1H2,2-6H3;3*1-2H3/b;10-9-;;;. The van der Waals surface area contributed by atoms with Crippen LogP contribution in [0.2, 0.25) is 0 Å². The zero-order valence-corrected chi connectivity index (χ0v) is 22.6. The van der Waals surface area contributed by atoms with Crippen LogP contribution < -0.4 is 0 Å². The Bertz CT molecular complexity index is 728. The van der Waals surface area contributed by atoms with Crippen molar-refractivity contribution in [3.05, 3.63) is 83.6 Å². The quantitative estimate of drug-likeness (QED) is 0.342. The lowest BCUT2D eigenvalue weighted by Crippen LogP contribution is -1.86. The van der Waals surface area contributed by atoms with Gasteiger partial charge in [-0.2, -0.15) is 0 Å². The van der Waals surface area contributed by atoms with Crippen LogP contribution in [0.3, 0.4) is 0 Å². The Kier molecular flexibility index (Phi) is 23.9. The van der Waals surface area contributed by atoms with Gasteiger partial charge >= 0.3 is 0 Å². The number of nitrogens with zero attached hydrogens (tertiary/aromatic N) is 1. The summed E-state index contributed by atoms with van der Waals surface area (Å²) in [5, 5.41) is 0. The van der Waals surface area contributed by atoms with Gasteiger partial charge in [0.05, 0.1) is 0 Å². The summed E-state index contributed by atoms with van der Waals surface area (Å²) in [6.45, 7) is 28.1. The first kappa shape index (κ1) is 33.2. The molecule has 2 aromatic carbocycles. The molecule has 0 N–H and O–H groups in total.